The molecule has 1 aromatic rings. The van der Waals surface area contributed by atoms with E-state index in [0.29, 0.717) is 12.1 Å². The molecule has 0 aliphatic heterocycles. The van der Waals surface area contributed by atoms with E-state index < -0.39 is 11.9 Å². The SMILES string of the molecule is CCNC(=O)C(C)Oc1c(F)cccc1CO. The van der Waals surface area contributed by atoms with Crippen molar-refractivity contribution >= 4 is 5.91 Å². The number of rotatable bonds is 5. The maximum Gasteiger partial charge on any atom is 0.260 e. The van der Waals surface area contributed by atoms with Crippen molar-refractivity contribution in [1.82, 2.24) is 5.32 Å². The number of hydrogen-bond donors (Lipinski definition) is 2. The molecule has 0 radical (unpaired) electrons. The molecular weight excluding hydrogens is 225 g/mol. The predicted molar refractivity (Wildman–Crippen MR) is 61.1 cm³/mol. The van der Waals surface area contributed by atoms with Crippen LogP contribution in [0.1, 0.15) is 19.4 Å². The number of ether oxygens (including phenoxy) is 1. The molecule has 17 heavy (non-hydrogen) atoms. The van der Waals surface area contributed by atoms with Crippen LogP contribution in [0.5, 0.6) is 5.75 Å². The largest absolute Gasteiger partial charge is 0.477 e. The van der Waals surface area contributed by atoms with E-state index in [2.05, 4.69) is 5.32 Å². The fourth-order valence-electron chi connectivity index (χ4n) is 1.36. The summed E-state index contributed by atoms with van der Waals surface area (Å²) in [6.07, 6.45) is -0.808. The number of hydrogen-bond acceptors (Lipinski definition) is 3. The molecule has 0 saturated carbocycles. The molecule has 1 atom stereocenters. The summed E-state index contributed by atoms with van der Waals surface area (Å²) < 4.78 is 18.7. The van der Waals surface area contributed by atoms with Crippen molar-refractivity contribution in [2.45, 2.75) is 26.6 Å². The first-order valence-corrected chi connectivity index (χ1v) is 5.42. The minimum Gasteiger partial charge on any atom is -0.477 e. The number of carbonyl (C=O) groups excluding carboxylic acids is 1. The highest BCUT2D eigenvalue weighted by atomic mass is 19.1. The molecule has 0 heterocycles. The van der Waals surface area contributed by atoms with Crippen molar-refractivity contribution < 1.29 is 19.0 Å². The minimum atomic E-state index is -0.808. The second-order valence-corrected chi connectivity index (χ2v) is 3.54. The number of aliphatic hydroxyl groups is 1. The zero-order chi connectivity index (χ0) is 12.8. The number of para-hydroxylation sites is 1. The summed E-state index contributed by atoms with van der Waals surface area (Å²) in [5.74, 6) is -0.985. The van der Waals surface area contributed by atoms with Gasteiger partial charge in [0.1, 0.15) is 0 Å². The molecule has 1 amide bonds. The summed E-state index contributed by atoms with van der Waals surface area (Å²) in [4.78, 5) is 11.4. The van der Waals surface area contributed by atoms with Crippen molar-refractivity contribution in [2.75, 3.05) is 6.54 Å². The zero-order valence-corrected chi connectivity index (χ0v) is 9.87. The molecule has 2 N–H and O–H groups in total. The van der Waals surface area contributed by atoms with Crippen molar-refractivity contribution in [1.29, 1.82) is 0 Å². The Morgan fingerprint density at radius 2 is 2.29 bits per heavy atom. The summed E-state index contributed by atoms with van der Waals surface area (Å²) in [7, 11) is 0. The normalized spacial score (nSPS) is 12.0. The lowest BCUT2D eigenvalue weighted by Gasteiger charge is -2.16. The Morgan fingerprint density at radius 1 is 1.59 bits per heavy atom. The average Bonchev–Trinajstić information content (AvgIpc) is 2.31. The first-order chi connectivity index (χ1) is 8.10. The van der Waals surface area contributed by atoms with Gasteiger partial charge in [-0.2, -0.15) is 0 Å². The monoisotopic (exact) mass is 241 g/mol. The van der Waals surface area contributed by atoms with Gasteiger partial charge in [-0.3, -0.25) is 4.79 Å². The van der Waals surface area contributed by atoms with Gasteiger partial charge in [0.15, 0.2) is 17.7 Å². The second kappa shape index (κ2) is 6.20. The number of likely N-dealkylation sites (N-methyl/N-ethyl adjacent to an activating group) is 1. The van der Waals surface area contributed by atoms with Gasteiger partial charge in [-0.25, -0.2) is 4.39 Å². The van der Waals surface area contributed by atoms with E-state index in [1.54, 1.807) is 13.0 Å². The maximum atomic E-state index is 13.5. The Labute approximate surface area is 99.4 Å². The van der Waals surface area contributed by atoms with Crippen molar-refractivity contribution in [3.63, 3.8) is 0 Å². The van der Waals surface area contributed by atoms with Crippen LogP contribution >= 0.6 is 0 Å². The Bertz CT molecular complexity index is 395. The van der Waals surface area contributed by atoms with Gasteiger partial charge in [-0.05, 0) is 19.9 Å². The van der Waals surface area contributed by atoms with E-state index in [1.807, 2.05) is 0 Å². The van der Waals surface area contributed by atoms with E-state index in [-0.39, 0.29) is 18.3 Å². The van der Waals surface area contributed by atoms with Crippen LogP contribution in [0.15, 0.2) is 18.2 Å². The van der Waals surface area contributed by atoms with Crippen LogP contribution in [0.3, 0.4) is 0 Å². The molecule has 0 spiro atoms. The highest BCUT2D eigenvalue weighted by molar-refractivity contribution is 5.80. The Kier molecular flexibility index (Phi) is 4.90. The lowest BCUT2D eigenvalue weighted by atomic mass is 10.2. The Hall–Kier alpha value is -1.62. The lowest BCUT2D eigenvalue weighted by molar-refractivity contribution is -0.127. The van der Waals surface area contributed by atoms with E-state index in [4.69, 9.17) is 9.84 Å². The van der Waals surface area contributed by atoms with Crippen LogP contribution in [0.4, 0.5) is 4.39 Å². The second-order valence-electron chi connectivity index (χ2n) is 3.54. The molecule has 0 bridgehead atoms. The Morgan fingerprint density at radius 3 is 2.88 bits per heavy atom. The van der Waals surface area contributed by atoms with Crippen LogP contribution in [0.25, 0.3) is 0 Å². The molecule has 5 heteroatoms. The molecule has 0 saturated heterocycles. The van der Waals surface area contributed by atoms with Crippen LogP contribution in [0.2, 0.25) is 0 Å². The molecular formula is C12H16FNO3. The third-order valence-electron chi connectivity index (χ3n) is 2.23. The molecule has 4 nitrogen and oxygen atoms in total. The van der Waals surface area contributed by atoms with E-state index >= 15 is 0 Å². The smallest absolute Gasteiger partial charge is 0.260 e. The molecule has 1 aromatic carbocycles. The fourth-order valence-corrected chi connectivity index (χ4v) is 1.36. The van der Waals surface area contributed by atoms with Gasteiger partial charge in [0, 0.05) is 12.1 Å². The highest BCUT2D eigenvalue weighted by Crippen LogP contribution is 2.23. The summed E-state index contributed by atoms with van der Waals surface area (Å²) in [5.41, 5.74) is 0.321. The molecule has 1 rings (SSSR count). The molecule has 0 aromatic heterocycles. The van der Waals surface area contributed by atoms with Crippen molar-refractivity contribution in [3.05, 3.63) is 29.6 Å². The van der Waals surface area contributed by atoms with Crippen LogP contribution in [0, 0.1) is 5.82 Å². The minimum absolute atomic E-state index is 0.0752. The van der Waals surface area contributed by atoms with Gasteiger partial charge < -0.3 is 15.2 Å². The van der Waals surface area contributed by atoms with Crippen LogP contribution in [-0.4, -0.2) is 23.7 Å². The number of amides is 1. The van der Waals surface area contributed by atoms with E-state index in [0.717, 1.165) is 0 Å². The van der Waals surface area contributed by atoms with Crippen molar-refractivity contribution in [3.8, 4) is 5.75 Å². The quantitative estimate of drug-likeness (QED) is 0.815. The first kappa shape index (κ1) is 13.4. The first-order valence-electron chi connectivity index (χ1n) is 5.42. The summed E-state index contributed by atoms with van der Waals surface area (Å²) in [6, 6.07) is 4.24. The summed E-state index contributed by atoms with van der Waals surface area (Å²) >= 11 is 0. The highest BCUT2D eigenvalue weighted by Gasteiger charge is 2.17. The van der Waals surface area contributed by atoms with E-state index in [1.165, 1.54) is 19.1 Å². The third-order valence-corrected chi connectivity index (χ3v) is 2.23. The standard InChI is InChI=1S/C12H16FNO3/c1-3-14-12(16)8(2)17-11-9(7-15)5-4-6-10(11)13/h4-6,8,15H,3,7H2,1-2H3,(H,14,16). The van der Waals surface area contributed by atoms with Gasteiger partial charge >= 0.3 is 0 Å². The van der Waals surface area contributed by atoms with Crippen molar-refractivity contribution in [2.24, 2.45) is 0 Å². The van der Waals surface area contributed by atoms with Gasteiger partial charge in [0.2, 0.25) is 0 Å². The summed E-state index contributed by atoms with van der Waals surface area (Å²) in [5, 5.41) is 11.6. The molecule has 1 unspecified atom stereocenters. The van der Waals surface area contributed by atoms with Gasteiger partial charge in [0.25, 0.3) is 5.91 Å². The Balaban J connectivity index is 2.83. The maximum absolute atomic E-state index is 13.5. The molecule has 0 aliphatic carbocycles. The van der Waals surface area contributed by atoms with Gasteiger partial charge in [-0.1, -0.05) is 12.1 Å². The topological polar surface area (TPSA) is 58.6 Å². The number of carbonyl (C=O) groups is 1. The predicted octanol–water partition coefficient (Wildman–Crippen LogP) is 1.22. The number of aliphatic hydroxyl groups excluding tert-OH is 1. The van der Waals surface area contributed by atoms with Gasteiger partial charge in [0.05, 0.1) is 6.61 Å². The van der Waals surface area contributed by atoms with Crippen LogP contribution < -0.4 is 10.1 Å². The third kappa shape index (κ3) is 3.42. The average molecular weight is 241 g/mol. The molecule has 0 aliphatic rings. The number of nitrogens with one attached hydrogen (secondary N) is 1. The van der Waals surface area contributed by atoms with E-state index in [9.17, 15) is 9.18 Å². The fraction of sp³-hybridized carbons (Fsp3) is 0.417. The molecule has 94 valence electrons. The number of benzene rings is 1. The number of halogens is 1. The zero-order valence-electron chi connectivity index (χ0n) is 9.87. The lowest BCUT2D eigenvalue weighted by Crippen LogP contribution is -2.36. The summed E-state index contributed by atoms with van der Waals surface area (Å²) in [6.45, 7) is 3.46. The van der Waals surface area contributed by atoms with Crippen LogP contribution in [-0.2, 0) is 11.4 Å². The van der Waals surface area contributed by atoms with Gasteiger partial charge in [-0.15, -0.1) is 0 Å². The molecule has 0 fully saturated rings.